The van der Waals surface area contributed by atoms with Crippen molar-refractivity contribution in [1.29, 1.82) is 0 Å². The molecular weight excluding hydrogens is 529 g/mol. The molecule has 0 bridgehead atoms. The lowest BCUT2D eigenvalue weighted by Crippen LogP contribution is -2.61. The normalized spacial score (nSPS) is 22.8. The van der Waals surface area contributed by atoms with Crippen molar-refractivity contribution in [3.05, 3.63) is 70.8 Å². The number of nitrogens with one attached hydrogen (secondary N) is 2. The summed E-state index contributed by atoms with van der Waals surface area (Å²) >= 11 is 0. The van der Waals surface area contributed by atoms with Crippen LogP contribution in [0, 0.1) is 17.0 Å². The Bertz CT molecular complexity index is 1220. The van der Waals surface area contributed by atoms with Gasteiger partial charge in [-0.15, -0.1) is 0 Å². The Morgan fingerprint density at radius 3 is 2.23 bits per heavy atom. The molecule has 2 aliphatic rings. The van der Waals surface area contributed by atoms with E-state index in [0.717, 1.165) is 50.0 Å². The van der Waals surface area contributed by atoms with Gasteiger partial charge in [0, 0.05) is 25.0 Å². The largest absolute Gasteiger partial charge is 0.416 e. The summed E-state index contributed by atoms with van der Waals surface area (Å²) in [6, 6.07) is 8.92. The highest BCUT2D eigenvalue weighted by molar-refractivity contribution is 5.86. The number of nitrogens with zero attached hydrogens (tertiary/aromatic N) is 1. The molecule has 2 fully saturated rings. The Labute approximate surface area is 231 Å². The smallest absolute Gasteiger partial charge is 0.351 e. The molecule has 1 saturated heterocycles. The van der Waals surface area contributed by atoms with Crippen molar-refractivity contribution in [2.45, 2.75) is 83.1 Å². The molecule has 2 amide bonds. The maximum absolute atomic E-state index is 13.9. The molecule has 10 heteroatoms. The van der Waals surface area contributed by atoms with E-state index in [1.807, 2.05) is 12.1 Å². The van der Waals surface area contributed by atoms with Crippen LogP contribution in [0.15, 0.2) is 42.5 Å². The minimum Gasteiger partial charge on any atom is -0.351 e. The minimum atomic E-state index is -4.71. The molecule has 2 N–H and O–H groups in total. The fraction of sp³-hybridized carbons (Fsp3) is 0.533. The summed E-state index contributed by atoms with van der Waals surface area (Å²) in [4.78, 5) is 28.2. The van der Waals surface area contributed by atoms with Gasteiger partial charge in [-0.25, -0.2) is 8.78 Å². The first-order chi connectivity index (χ1) is 18.7. The van der Waals surface area contributed by atoms with Crippen molar-refractivity contribution in [3.8, 4) is 0 Å². The van der Waals surface area contributed by atoms with E-state index in [-0.39, 0.29) is 35.8 Å². The van der Waals surface area contributed by atoms with Crippen molar-refractivity contribution in [2.75, 3.05) is 13.1 Å². The van der Waals surface area contributed by atoms with Gasteiger partial charge in [-0.1, -0.05) is 12.1 Å². The van der Waals surface area contributed by atoms with Crippen LogP contribution < -0.4 is 10.6 Å². The average molecular weight is 566 g/mol. The molecule has 1 aliphatic carbocycles. The summed E-state index contributed by atoms with van der Waals surface area (Å²) in [6.07, 6.45) is -1.25. The van der Waals surface area contributed by atoms with Crippen molar-refractivity contribution >= 4 is 11.8 Å². The lowest BCUT2D eigenvalue weighted by molar-refractivity contribution is -0.138. The molecule has 4 rings (SSSR count). The van der Waals surface area contributed by atoms with Crippen LogP contribution in [0.25, 0.3) is 0 Å². The molecule has 2 aromatic carbocycles. The van der Waals surface area contributed by atoms with Crippen molar-refractivity contribution in [2.24, 2.45) is 5.41 Å². The van der Waals surface area contributed by atoms with Gasteiger partial charge in [0.05, 0.1) is 11.0 Å². The second-order valence-electron chi connectivity index (χ2n) is 11.7. The highest BCUT2D eigenvalue weighted by Gasteiger charge is 2.56. The van der Waals surface area contributed by atoms with Crippen molar-refractivity contribution in [1.82, 2.24) is 15.5 Å². The Hall–Kier alpha value is -3.01. The molecule has 2 aromatic rings. The monoisotopic (exact) mass is 565 g/mol. The topological polar surface area (TPSA) is 61.4 Å². The van der Waals surface area contributed by atoms with E-state index in [1.165, 1.54) is 19.1 Å². The van der Waals surface area contributed by atoms with Gasteiger partial charge in [-0.2, -0.15) is 13.2 Å². The van der Waals surface area contributed by atoms with Crippen LogP contribution in [0.5, 0.6) is 0 Å². The second kappa shape index (κ2) is 11.5. The maximum atomic E-state index is 13.9. The molecule has 5 nitrogen and oxygen atoms in total. The van der Waals surface area contributed by atoms with Gasteiger partial charge >= 0.3 is 6.18 Å². The molecule has 1 aliphatic heterocycles. The number of halogens is 5. The average Bonchev–Trinajstić information content (AvgIpc) is 3.34. The van der Waals surface area contributed by atoms with E-state index in [9.17, 15) is 31.5 Å². The number of hydrogen-bond acceptors (Lipinski definition) is 3. The van der Waals surface area contributed by atoms with Crippen LogP contribution in [-0.4, -0.2) is 41.4 Å². The quantitative estimate of drug-likeness (QED) is 0.409. The molecule has 0 radical (unpaired) electrons. The summed E-state index contributed by atoms with van der Waals surface area (Å²) in [5.74, 6) is -1.64. The Balaban J connectivity index is 1.48. The number of carbonyl (C=O) groups excluding carboxylic acids is 2. The molecule has 1 heterocycles. The summed E-state index contributed by atoms with van der Waals surface area (Å²) in [6.45, 7) is 6.32. The lowest BCUT2D eigenvalue weighted by Gasteiger charge is -2.44. The third kappa shape index (κ3) is 6.48. The first-order valence-corrected chi connectivity index (χ1v) is 13.6. The fourth-order valence-electron chi connectivity index (χ4n) is 6.55. The standard InChI is InChI=1S/C30H36F5N3O2/c1-19(39)37-28(2,3)29(27(40)36-18-20-14-23(30(33,34)35)16-25(32)15-20)11-8-26(17-29)38-12-9-22(10-13-38)21-4-6-24(31)7-5-21/h4-7,14-16,22,26H,8-13,17-18H2,1-3H3,(H,36,40)(H,37,39). The summed E-state index contributed by atoms with van der Waals surface area (Å²) in [5.41, 5.74) is -1.96. The summed E-state index contributed by atoms with van der Waals surface area (Å²) in [5, 5.41) is 5.67. The number of rotatable bonds is 7. The third-order valence-corrected chi connectivity index (χ3v) is 8.73. The van der Waals surface area contributed by atoms with Gasteiger partial charge in [0.2, 0.25) is 11.8 Å². The molecule has 2 unspecified atom stereocenters. The van der Waals surface area contributed by atoms with E-state index >= 15 is 0 Å². The number of likely N-dealkylation sites (tertiary alicyclic amines) is 1. The predicted molar refractivity (Wildman–Crippen MR) is 141 cm³/mol. The zero-order valence-electron chi connectivity index (χ0n) is 23.0. The number of hydrogen-bond donors (Lipinski definition) is 2. The fourth-order valence-corrected chi connectivity index (χ4v) is 6.55. The molecule has 40 heavy (non-hydrogen) atoms. The number of carbonyl (C=O) groups is 2. The number of amides is 2. The SMILES string of the molecule is CC(=O)NC(C)(C)C1(C(=O)NCc2cc(F)cc(C(F)(F)F)c2)CCC(N2CCC(c3ccc(F)cc3)CC2)C1. The summed E-state index contributed by atoms with van der Waals surface area (Å²) in [7, 11) is 0. The Morgan fingerprint density at radius 1 is 0.975 bits per heavy atom. The highest BCUT2D eigenvalue weighted by Crippen LogP contribution is 2.49. The highest BCUT2D eigenvalue weighted by atomic mass is 19.4. The van der Waals surface area contributed by atoms with Crippen LogP contribution in [0.2, 0.25) is 0 Å². The zero-order valence-corrected chi connectivity index (χ0v) is 23.0. The molecule has 0 aromatic heterocycles. The molecule has 218 valence electrons. The predicted octanol–water partition coefficient (Wildman–Crippen LogP) is 5.93. The lowest BCUT2D eigenvalue weighted by atomic mass is 9.68. The van der Waals surface area contributed by atoms with Crippen LogP contribution in [-0.2, 0) is 22.3 Å². The van der Waals surface area contributed by atoms with E-state index in [1.54, 1.807) is 13.8 Å². The summed E-state index contributed by atoms with van der Waals surface area (Å²) < 4.78 is 66.8. The van der Waals surface area contributed by atoms with E-state index in [0.29, 0.717) is 24.8 Å². The molecular formula is C30H36F5N3O2. The molecule has 1 saturated carbocycles. The zero-order chi connectivity index (χ0) is 29.3. The van der Waals surface area contributed by atoms with Crippen molar-refractivity contribution < 1.29 is 31.5 Å². The first kappa shape index (κ1) is 30.0. The Morgan fingerprint density at radius 2 is 1.62 bits per heavy atom. The van der Waals surface area contributed by atoms with Gasteiger partial charge < -0.3 is 15.5 Å². The number of alkyl halides is 3. The van der Waals surface area contributed by atoms with Gasteiger partial charge in [-0.3, -0.25) is 9.59 Å². The molecule has 2 atom stereocenters. The number of piperidine rings is 1. The minimum absolute atomic E-state index is 0.00516. The van der Waals surface area contributed by atoms with Crippen LogP contribution >= 0.6 is 0 Å². The van der Waals surface area contributed by atoms with Gasteiger partial charge in [0.15, 0.2) is 0 Å². The van der Waals surface area contributed by atoms with E-state index in [4.69, 9.17) is 0 Å². The van der Waals surface area contributed by atoms with E-state index in [2.05, 4.69) is 15.5 Å². The van der Waals surface area contributed by atoms with Gasteiger partial charge in [-0.05, 0) is 106 Å². The van der Waals surface area contributed by atoms with Gasteiger partial charge in [0.25, 0.3) is 0 Å². The number of benzene rings is 2. The van der Waals surface area contributed by atoms with Crippen LogP contribution in [0.3, 0.4) is 0 Å². The maximum Gasteiger partial charge on any atom is 0.416 e. The van der Waals surface area contributed by atoms with Crippen LogP contribution in [0.1, 0.15) is 75.5 Å². The van der Waals surface area contributed by atoms with E-state index < -0.39 is 28.5 Å². The van der Waals surface area contributed by atoms with Gasteiger partial charge in [0.1, 0.15) is 11.6 Å². The third-order valence-electron chi connectivity index (χ3n) is 8.73. The molecule has 0 spiro atoms. The van der Waals surface area contributed by atoms with Crippen molar-refractivity contribution in [3.63, 3.8) is 0 Å². The van der Waals surface area contributed by atoms with Crippen LogP contribution in [0.4, 0.5) is 22.0 Å². The first-order valence-electron chi connectivity index (χ1n) is 13.6. The second-order valence-corrected chi connectivity index (χ2v) is 11.7. The Kier molecular flexibility index (Phi) is 8.59.